The highest BCUT2D eigenvalue weighted by Crippen LogP contribution is 2.42. The Hall–Kier alpha value is -5.01. The number of carboxylic acid groups (broad SMARTS) is 1. The highest BCUT2D eigenvalue weighted by atomic mass is 35.5. The number of aryl methyl sites for hydroxylation is 1. The summed E-state index contributed by atoms with van der Waals surface area (Å²) >= 11 is 14.2. The minimum absolute atomic E-state index is 0.0230. The first-order valence-electron chi connectivity index (χ1n) is 16.7. The second-order valence-corrected chi connectivity index (χ2v) is 13.5. The molecule has 2 atom stereocenters. The number of pyridine rings is 2. The zero-order chi connectivity index (χ0) is 37.1. The molecule has 12 nitrogen and oxygen atoms in total. The molecule has 1 aliphatic heterocycles. The summed E-state index contributed by atoms with van der Waals surface area (Å²) in [4.78, 5) is 47.6. The van der Waals surface area contributed by atoms with Crippen molar-refractivity contribution in [2.45, 2.75) is 51.9 Å². The fourth-order valence-corrected chi connectivity index (χ4v) is 7.04. The van der Waals surface area contributed by atoms with Crippen LogP contribution in [0.15, 0.2) is 71.7 Å². The fourth-order valence-electron chi connectivity index (χ4n) is 6.38. The molecule has 4 heterocycles. The number of rotatable bonds is 12. The van der Waals surface area contributed by atoms with Crippen molar-refractivity contribution in [2.24, 2.45) is 0 Å². The van der Waals surface area contributed by atoms with Crippen LogP contribution in [-0.2, 0) is 17.9 Å². The molecular formula is C38H38Cl2N6O6. The van der Waals surface area contributed by atoms with Crippen molar-refractivity contribution in [3.05, 3.63) is 104 Å². The van der Waals surface area contributed by atoms with Gasteiger partial charge in [-0.15, -0.1) is 0 Å². The maximum absolute atomic E-state index is 13.3. The van der Waals surface area contributed by atoms with Crippen molar-refractivity contribution in [2.75, 3.05) is 20.2 Å². The Morgan fingerprint density at radius 1 is 1.06 bits per heavy atom. The molecule has 0 saturated carbocycles. The molecule has 52 heavy (non-hydrogen) atoms. The van der Waals surface area contributed by atoms with Crippen LogP contribution in [0, 0.1) is 6.92 Å². The number of fused-ring (bicyclic) bond motifs is 1. The molecule has 0 unspecified atom stereocenters. The number of aliphatic hydroxyl groups is 1. The maximum atomic E-state index is 13.3. The number of aliphatic hydroxyl groups excluding tert-OH is 1. The Bertz CT molecular complexity index is 2230. The first-order chi connectivity index (χ1) is 24.9. The molecule has 0 radical (unpaired) electrons. The van der Waals surface area contributed by atoms with Gasteiger partial charge in [0.1, 0.15) is 5.65 Å². The molecule has 4 N–H and O–H groups in total. The summed E-state index contributed by atoms with van der Waals surface area (Å²) in [5.41, 5.74) is 5.96. The van der Waals surface area contributed by atoms with E-state index < -0.39 is 12.2 Å². The van der Waals surface area contributed by atoms with E-state index in [0.29, 0.717) is 80.8 Å². The van der Waals surface area contributed by atoms with Gasteiger partial charge in [0.2, 0.25) is 11.8 Å². The van der Waals surface area contributed by atoms with Gasteiger partial charge < -0.3 is 30.5 Å². The largest absolute Gasteiger partial charge is 0.481 e. The van der Waals surface area contributed by atoms with Gasteiger partial charge in [-0.2, -0.15) is 0 Å². The normalized spacial score (nSPS) is 14.7. The first kappa shape index (κ1) is 36.8. The third kappa shape index (κ3) is 7.75. The molecular weight excluding hydrogens is 707 g/mol. The Kier molecular flexibility index (Phi) is 11.1. The highest BCUT2D eigenvalue weighted by molar-refractivity contribution is 6.39. The van der Waals surface area contributed by atoms with Crippen LogP contribution in [-0.4, -0.2) is 73.8 Å². The van der Waals surface area contributed by atoms with E-state index in [1.165, 1.54) is 16.4 Å². The summed E-state index contributed by atoms with van der Waals surface area (Å²) in [5.74, 6) is 0.168. The van der Waals surface area contributed by atoms with Crippen LogP contribution in [0.4, 0.5) is 4.79 Å². The van der Waals surface area contributed by atoms with Crippen LogP contribution in [0.5, 0.6) is 5.88 Å². The Balaban J connectivity index is 1.29. The quantitative estimate of drug-likeness (QED) is 0.121. The lowest BCUT2D eigenvalue weighted by molar-refractivity contribution is -0.119. The van der Waals surface area contributed by atoms with E-state index in [-0.39, 0.29) is 36.5 Å². The van der Waals surface area contributed by atoms with Crippen LogP contribution in [0.25, 0.3) is 39.2 Å². The van der Waals surface area contributed by atoms with E-state index in [0.717, 1.165) is 11.1 Å². The third-order valence-electron chi connectivity index (χ3n) is 9.04. The molecule has 5 aromatic rings. The average Bonchev–Trinajstić information content (AvgIpc) is 3.53. The van der Waals surface area contributed by atoms with Crippen LogP contribution < -0.4 is 20.9 Å². The molecule has 270 valence electrons. The molecule has 3 aromatic heterocycles. The number of nitrogens with one attached hydrogen (secondary N) is 2. The van der Waals surface area contributed by atoms with Crippen LogP contribution in [0.3, 0.4) is 0 Å². The summed E-state index contributed by atoms with van der Waals surface area (Å²) in [6.07, 6.45) is 0.984. The zero-order valence-corrected chi connectivity index (χ0v) is 30.3. The van der Waals surface area contributed by atoms with Gasteiger partial charge in [0, 0.05) is 71.8 Å². The van der Waals surface area contributed by atoms with E-state index in [2.05, 4.69) is 10.6 Å². The molecule has 14 heteroatoms. The molecule has 1 fully saturated rings. The number of aromatic nitrogens is 3. The van der Waals surface area contributed by atoms with Gasteiger partial charge in [0.15, 0.2) is 0 Å². The Morgan fingerprint density at radius 2 is 1.75 bits per heavy atom. The minimum Gasteiger partial charge on any atom is -0.481 e. The van der Waals surface area contributed by atoms with Gasteiger partial charge in [-0.05, 0) is 50.1 Å². The second kappa shape index (κ2) is 15.7. The number of hydrogen-bond acceptors (Lipinski definition) is 8. The summed E-state index contributed by atoms with van der Waals surface area (Å²) in [7, 11) is 1.47. The number of hydrogen-bond donors (Lipinski definition) is 4. The number of ether oxygens (including phenoxy) is 1. The van der Waals surface area contributed by atoms with Crippen molar-refractivity contribution in [1.29, 1.82) is 0 Å². The lowest BCUT2D eigenvalue weighted by Gasteiger charge is -2.23. The number of methoxy groups -OCH3 is 1. The standard InChI is InChI=1S/C38H38Cl2N6O6/c1-21(47)17-41-18-30-22(2)42-32-16-23(14-15-46(32)37(30)49)26-6-4-7-27(34(26)39)28-8-5-9-29(35(28)40)31-12-10-24(36(44-31)52-3)19-45(38(50)51)20-25-11-13-33(48)43-25/h4-10,12,14-16,21,25,41,47H,11,13,17-20H2,1-3H3,(H,43,48)(H,50,51)/t21-,25-/m0/s1. The van der Waals surface area contributed by atoms with Crippen molar-refractivity contribution in [1.82, 2.24) is 29.9 Å². The second-order valence-electron chi connectivity index (χ2n) is 12.8. The van der Waals surface area contributed by atoms with Crippen LogP contribution >= 0.6 is 23.2 Å². The number of carbonyl (C=O) groups excluding carboxylic acids is 1. The van der Waals surface area contributed by atoms with Crippen molar-refractivity contribution in [3.8, 4) is 39.4 Å². The molecule has 2 amide bonds. The molecule has 0 spiro atoms. The van der Waals surface area contributed by atoms with E-state index >= 15 is 0 Å². The first-order valence-corrected chi connectivity index (χ1v) is 17.5. The monoisotopic (exact) mass is 744 g/mol. The molecule has 1 aliphatic rings. The molecule has 0 aliphatic carbocycles. The number of benzene rings is 2. The summed E-state index contributed by atoms with van der Waals surface area (Å²) in [6.45, 7) is 4.29. The van der Waals surface area contributed by atoms with Gasteiger partial charge in [0.25, 0.3) is 5.56 Å². The van der Waals surface area contributed by atoms with E-state index in [1.807, 2.05) is 48.5 Å². The summed E-state index contributed by atoms with van der Waals surface area (Å²) in [6, 6.07) is 18.1. The average molecular weight is 746 g/mol. The number of amides is 2. The van der Waals surface area contributed by atoms with Gasteiger partial charge in [-0.1, -0.05) is 59.6 Å². The predicted molar refractivity (Wildman–Crippen MR) is 200 cm³/mol. The number of halogens is 2. The van der Waals surface area contributed by atoms with Crippen molar-refractivity contribution >= 4 is 40.8 Å². The topological polar surface area (TPSA) is 158 Å². The van der Waals surface area contributed by atoms with E-state index in [9.17, 15) is 24.6 Å². The highest BCUT2D eigenvalue weighted by Gasteiger charge is 2.26. The molecule has 1 saturated heterocycles. The van der Waals surface area contributed by atoms with Gasteiger partial charge in [-0.3, -0.25) is 14.0 Å². The lowest BCUT2D eigenvalue weighted by atomic mass is 9.97. The van der Waals surface area contributed by atoms with Crippen molar-refractivity contribution < 1.29 is 24.5 Å². The van der Waals surface area contributed by atoms with Gasteiger partial charge in [-0.25, -0.2) is 14.8 Å². The SMILES string of the molecule is COc1nc(-c2cccc(-c3cccc(-c4ccn5c(=O)c(CNC[C@H](C)O)c(C)nc5c4)c3Cl)c2Cl)ccc1CN(C[C@@H]1CCC(=O)N1)C(=O)O. The van der Waals surface area contributed by atoms with Gasteiger partial charge >= 0.3 is 6.09 Å². The molecule has 6 rings (SSSR count). The molecule has 2 aromatic carbocycles. The smallest absolute Gasteiger partial charge is 0.407 e. The minimum atomic E-state index is -1.11. The lowest BCUT2D eigenvalue weighted by Crippen LogP contribution is -2.41. The number of nitrogens with zero attached hydrogens (tertiary/aromatic N) is 4. The Labute approximate surface area is 310 Å². The number of carbonyl (C=O) groups is 2. The predicted octanol–water partition coefficient (Wildman–Crippen LogP) is 5.94. The van der Waals surface area contributed by atoms with Gasteiger partial charge in [0.05, 0.1) is 41.1 Å². The molecule has 0 bridgehead atoms. The summed E-state index contributed by atoms with van der Waals surface area (Å²) < 4.78 is 7.08. The third-order valence-corrected chi connectivity index (χ3v) is 9.85. The maximum Gasteiger partial charge on any atom is 0.407 e. The van der Waals surface area contributed by atoms with E-state index in [1.54, 1.807) is 32.2 Å². The Morgan fingerprint density at radius 3 is 2.40 bits per heavy atom. The van der Waals surface area contributed by atoms with Crippen molar-refractivity contribution in [3.63, 3.8) is 0 Å². The van der Waals surface area contributed by atoms with Crippen LogP contribution in [0.1, 0.15) is 36.6 Å². The van der Waals surface area contributed by atoms with E-state index in [4.69, 9.17) is 37.9 Å². The van der Waals surface area contributed by atoms with Crippen LogP contribution in [0.2, 0.25) is 10.0 Å². The summed E-state index contributed by atoms with van der Waals surface area (Å²) in [5, 5.41) is 26.2. The zero-order valence-electron chi connectivity index (χ0n) is 28.8. The fraction of sp³-hybridized carbons (Fsp3) is 0.289.